The Bertz CT molecular complexity index is 679. The number of aromatic hydroxyl groups is 1. The van der Waals surface area contributed by atoms with Crippen LogP contribution in [0.25, 0.3) is 0 Å². The van der Waals surface area contributed by atoms with Crippen molar-refractivity contribution in [3.63, 3.8) is 0 Å². The molecule has 22 heavy (non-hydrogen) atoms. The van der Waals surface area contributed by atoms with Gasteiger partial charge in [-0.1, -0.05) is 12.1 Å². The third-order valence-corrected chi connectivity index (χ3v) is 3.05. The fraction of sp³-hybridized carbons (Fsp3) is 0.176. The van der Waals surface area contributed by atoms with Gasteiger partial charge in [-0.2, -0.15) is 5.10 Å². The number of benzene rings is 2. The van der Waals surface area contributed by atoms with Crippen molar-refractivity contribution in [2.75, 3.05) is 6.61 Å². The molecule has 0 saturated heterocycles. The van der Waals surface area contributed by atoms with Gasteiger partial charge in [0.2, 0.25) is 0 Å². The Morgan fingerprint density at radius 2 is 1.86 bits per heavy atom. The molecule has 2 rings (SSSR count). The molecule has 0 aliphatic rings. The Kier molecular flexibility index (Phi) is 5.14. The van der Waals surface area contributed by atoms with Gasteiger partial charge in [0.05, 0.1) is 12.3 Å². The Balaban J connectivity index is 2.05. The van der Waals surface area contributed by atoms with Crippen LogP contribution in [0, 0.1) is 0 Å². The van der Waals surface area contributed by atoms with E-state index < -0.39 is 0 Å². The van der Waals surface area contributed by atoms with Crippen molar-refractivity contribution < 1.29 is 14.6 Å². The van der Waals surface area contributed by atoms with E-state index in [0.717, 1.165) is 0 Å². The maximum atomic E-state index is 12.0. The summed E-state index contributed by atoms with van der Waals surface area (Å²) < 4.78 is 5.32. The fourth-order valence-electron chi connectivity index (χ4n) is 1.91. The molecule has 0 heterocycles. The highest BCUT2D eigenvalue weighted by molar-refractivity contribution is 6.02. The molecule has 2 aromatic rings. The normalized spacial score (nSPS) is 11.1. The topological polar surface area (TPSA) is 70.9 Å². The Morgan fingerprint density at radius 1 is 1.18 bits per heavy atom. The van der Waals surface area contributed by atoms with Crippen molar-refractivity contribution in [2.45, 2.75) is 13.8 Å². The van der Waals surface area contributed by atoms with Crippen LogP contribution in [-0.4, -0.2) is 23.3 Å². The zero-order valence-electron chi connectivity index (χ0n) is 12.5. The smallest absolute Gasteiger partial charge is 0.271 e. The van der Waals surface area contributed by atoms with E-state index in [0.29, 0.717) is 29.2 Å². The average molecular weight is 298 g/mol. The Morgan fingerprint density at radius 3 is 2.50 bits per heavy atom. The number of nitrogens with zero attached hydrogens (tertiary/aromatic N) is 1. The number of amides is 1. The first-order chi connectivity index (χ1) is 10.6. The van der Waals surface area contributed by atoms with Crippen molar-refractivity contribution in [1.82, 2.24) is 5.43 Å². The second-order valence-corrected chi connectivity index (χ2v) is 4.61. The van der Waals surface area contributed by atoms with Gasteiger partial charge in [0.1, 0.15) is 11.5 Å². The van der Waals surface area contributed by atoms with Crippen molar-refractivity contribution in [1.29, 1.82) is 0 Å². The van der Waals surface area contributed by atoms with E-state index in [-0.39, 0.29) is 11.7 Å². The minimum atomic E-state index is -0.321. The van der Waals surface area contributed by atoms with Crippen molar-refractivity contribution in [3.05, 3.63) is 59.7 Å². The molecule has 0 fully saturated rings. The molecule has 0 atom stereocenters. The number of carbonyl (C=O) groups is 1. The van der Waals surface area contributed by atoms with Crippen molar-refractivity contribution >= 4 is 11.6 Å². The minimum absolute atomic E-state index is 0.124. The predicted octanol–water partition coefficient (Wildman–Crippen LogP) is 2.94. The molecule has 0 bridgehead atoms. The minimum Gasteiger partial charge on any atom is -0.507 e. The van der Waals surface area contributed by atoms with Crippen LogP contribution in [-0.2, 0) is 0 Å². The fourth-order valence-corrected chi connectivity index (χ4v) is 1.91. The summed E-state index contributed by atoms with van der Waals surface area (Å²) in [5.41, 5.74) is 4.06. The van der Waals surface area contributed by atoms with Crippen LogP contribution < -0.4 is 10.2 Å². The highest BCUT2D eigenvalue weighted by Crippen LogP contribution is 2.16. The van der Waals surface area contributed by atoms with Gasteiger partial charge in [0.25, 0.3) is 5.91 Å². The van der Waals surface area contributed by atoms with Gasteiger partial charge in [-0.3, -0.25) is 4.79 Å². The lowest BCUT2D eigenvalue weighted by Crippen LogP contribution is -2.19. The van der Waals surface area contributed by atoms with Crippen LogP contribution in [0.2, 0.25) is 0 Å². The van der Waals surface area contributed by atoms with E-state index in [4.69, 9.17) is 4.74 Å². The molecule has 5 nitrogen and oxygen atoms in total. The van der Waals surface area contributed by atoms with Gasteiger partial charge in [0.15, 0.2) is 0 Å². The molecule has 114 valence electrons. The van der Waals surface area contributed by atoms with Gasteiger partial charge >= 0.3 is 0 Å². The monoisotopic (exact) mass is 298 g/mol. The maximum absolute atomic E-state index is 12.0. The number of para-hydroxylation sites is 1. The molecule has 0 aromatic heterocycles. The largest absolute Gasteiger partial charge is 0.507 e. The first-order valence-electron chi connectivity index (χ1n) is 6.97. The molecule has 0 saturated carbocycles. The van der Waals surface area contributed by atoms with E-state index in [1.54, 1.807) is 55.5 Å². The number of carbonyl (C=O) groups excluding carboxylic acids is 1. The summed E-state index contributed by atoms with van der Waals surface area (Å²) in [5, 5.41) is 13.8. The lowest BCUT2D eigenvalue weighted by molar-refractivity contribution is 0.0955. The second-order valence-electron chi connectivity index (χ2n) is 4.61. The van der Waals surface area contributed by atoms with Crippen LogP contribution in [0.1, 0.15) is 29.8 Å². The first kappa shape index (κ1) is 15.6. The average Bonchev–Trinajstić information content (AvgIpc) is 2.54. The van der Waals surface area contributed by atoms with Gasteiger partial charge in [-0.15, -0.1) is 0 Å². The van der Waals surface area contributed by atoms with Crippen LogP contribution in [0.15, 0.2) is 53.6 Å². The maximum Gasteiger partial charge on any atom is 0.271 e. The standard InChI is InChI=1S/C17H18N2O3/c1-3-22-14-10-8-13(9-11-14)17(21)19-18-12(2)15-6-4-5-7-16(15)20/h4-11,20H,3H2,1-2H3,(H,19,21)/b18-12-. The van der Waals surface area contributed by atoms with Crippen LogP contribution in [0.5, 0.6) is 11.5 Å². The number of hydrogen-bond acceptors (Lipinski definition) is 4. The lowest BCUT2D eigenvalue weighted by atomic mass is 10.1. The molecular formula is C17H18N2O3. The summed E-state index contributed by atoms with van der Waals surface area (Å²) in [6.07, 6.45) is 0. The summed E-state index contributed by atoms with van der Waals surface area (Å²) >= 11 is 0. The Labute approximate surface area is 129 Å². The quantitative estimate of drug-likeness (QED) is 0.658. The molecule has 5 heteroatoms. The van der Waals surface area contributed by atoms with Gasteiger partial charge in [-0.05, 0) is 50.2 Å². The van der Waals surface area contributed by atoms with E-state index in [2.05, 4.69) is 10.5 Å². The van der Waals surface area contributed by atoms with E-state index in [9.17, 15) is 9.90 Å². The molecule has 0 aliphatic heterocycles. The van der Waals surface area contributed by atoms with E-state index in [1.165, 1.54) is 0 Å². The number of ether oxygens (including phenoxy) is 1. The van der Waals surface area contributed by atoms with Gasteiger partial charge in [0, 0.05) is 11.1 Å². The number of hydrogen-bond donors (Lipinski definition) is 2. The first-order valence-corrected chi connectivity index (χ1v) is 6.97. The number of hydrazone groups is 1. The summed E-state index contributed by atoms with van der Waals surface area (Å²) in [6, 6.07) is 13.6. The molecule has 0 spiro atoms. The van der Waals surface area contributed by atoms with Crippen LogP contribution in [0.3, 0.4) is 0 Å². The highest BCUT2D eigenvalue weighted by Gasteiger charge is 2.07. The molecule has 1 amide bonds. The van der Waals surface area contributed by atoms with E-state index >= 15 is 0 Å². The predicted molar refractivity (Wildman–Crippen MR) is 85.4 cm³/mol. The summed E-state index contributed by atoms with van der Waals surface area (Å²) in [5.74, 6) is 0.518. The third kappa shape index (κ3) is 3.85. The molecule has 0 aliphatic carbocycles. The van der Waals surface area contributed by atoms with Crippen LogP contribution >= 0.6 is 0 Å². The van der Waals surface area contributed by atoms with Gasteiger partial charge in [-0.25, -0.2) is 5.43 Å². The van der Waals surface area contributed by atoms with Crippen molar-refractivity contribution in [3.8, 4) is 11.5 Å². The summed E-state index contributed by atoms with van der Waals surface area (Å²) in [4.78, 5) is 12.0. The van der Waals surface area contributed by atoms with Crippen LogP contribution in [0.4, 0.5) is 0 Å². The molecular weight excluding hydrogens is 280 g/mol. The van der Waals surface area contributed by atoms with E-state index in [1.807, 2.05) is 6.92 Å². The molecule has 0 radical (unpaired) electrons. The zero-order chi connectivity index (χ0) is 15.9. The number of nitrogens with one attached hydrogen (secondary N) is 1. The number of rotatable bonds is 5. The third-order valence-electron chi connectivity index (χ3n) is 3.05. The second kappa shape index (κ2) is 7.26. The summed E-state index contributed by atoms with van der Waals surface area (Å²) in [7, 11) is 0. The lowest BCUT2D eigenvalue weighted by Gasteiger charge is -2.06. The highest BCUT2D eigenvalue weighted by atomic mass is 16.5. The molecule has 2 N–H and O–H groups in total. The van der Waals surface area contributed by atoms with Crippen molar-refractivity contribution in [2.24, 2.45) is 5.10 Å². The zero-order valence-corrected chi connectivity index (χ0v) is 12.5. The number of phenols is 1. The molecule has 0 unspecified atom stereocenters. The molecule has 2 aromatic carbocycles. The van der Waals surface area contributed by atoms with Gasteiger partial charge < -0.3 is 9.84 Å². The number of phenolic OH excluding ortho intramolecular Hbond substituents is 1. The SMILES string of the molecule is CCOc1ccc(C(=O)N/N=C(/C)c2ccccc2O)cc1. The summed E-state index contributed by atoms with van der Waals surface area (Å²) in [6.45, 7) is 4.19. The Hall–Kier alpha value is -2.82.